The van der Waals surface area contributed by atoms with Crippen LogP contribution in [0.15, 0.2) is 29.2 Å². The average molecular weight is 340 g/mol. The number of benzene rings is 1. The van der Waals surface area contributed by atoms with E-state index < -0.39 is 10.0 Å². The summed E-state index contributed by atoms with van der Waals surface area (Å²) in [5.74, 6) is 0.577. The summed E-state index contributed by atoms with van der Waals surface area (Å²) in [4.78, 5) is 13.7. The van der Waals surface area contributed by atoms with Crippen LogP contribution in [0.1, 0.15) is 19.8 Å². The summed E-state index contributed by atoms with van der Waals surface area (Å²) in [5, 5.41) is 2.81. The monoisotopic (exact) mass is 340 g/mol. The van der Waals surface area contributed by atoms with Gasteiger partial charge in [-0.1, -0.05) is 13.0 Å². The molecule has 1 saturated heterocycles. The van der Waals surface area contributed by atoms with Crippen LogP contribution in [0.2, 0.25) is 0 Å². The van der Waals surface area contributed by atoms with Crippen LogP contribution in [-0.4, -0.2) is 52.4 Å². The summed E-state index contributed by atoms with van der Waals surface area (Å²) in [6, 6.07) is 6.38. The number of nitrogens with zero attached hydrogens (tertiary/aromatic N) is 1. The average Bonchev–Trinajstić information content (AvgIpc) is 2.47. The number of amides is 1. The normalized spacial score (nSPS) is 22.1. The third-order valence-corrected chi connectivity index (χ3v) is 5.98. The Kier molecular flexibility index (Phi) is 5.78. The predicted octanol–water partition coefficient (Wildman–Crippen LogP) is 0.190. The summed E-state index contributed by atoms with van der Waals surface area (Å²) in [7, 11) is -0.518. The molecule has 0 radical (unpaired) electrons. The van der Waals surface area contributed by atoms with Crippen LogP contribution >= 0.6 is 0 Å². The smallest absolute Gasteiger partial charge is 0.279 e. The quantitative estimate of drug-likeness (QED) is 0.804. The van der Waals surface area contributed by atoms with Gasteiger partial charge in [-0.15, -0.1) is 0 Å². The topological polar surface area (TPSA) is 70.9 Å². The summed E-state index contributed by atoms with van der Waals surface area (Å²) < 4.78 is 25.4. The first-order valence-corrected chi connectivity index (χ1v) is 9.39. The van der Waals surface area contributed by atoms with Crippen molar-refractivity contribution in [2.75, 3.05) is 39.0 Å². The highest BCUT2D eigenvalue weighted by Gasteiger charge is 2.22. The van der Waals surface area contributed by atoms with Gasteiger partial charge in [0.2, 0.25) is 10.0 Å². The molecule has 2 N–H and O–H groups in total. The van der Waals surface area contributed by atoms with E-state index in [4.69, 9.17) is 0 Å². The van der Waals surface area contributed by atoms with Crippen LogP contribution in [0, 0.1) is 5.92 Å². The molecular formula is C16H26N3O3S+. The molecule has 1 aliphatic rings. The number of sulfonamides is 1. The van der Waals surface area contributed by atoms with Crippen LogP contribution < -0.4 is 10.2 Å². The third-order valence-electron chi connectivity index (χ3n) is 4.17. The second-order valence-corrected chi connectivity index (χ2v) is 8.64. The number of hydrogen-bond acceptors (Lipinski definition) is 3. The van der Waals surface area contributed by atoms with E-state index in [1.54, 1.807) is 12.1 Å². The molecule has 128 valence electrons. The molecule has 1 unspecified atom stereocenters. The number of carbonyl (C=O) groups is 1. The van der Waals surface area contributed by atoms with Gasteiger partial charge < -0.3 is 10.2 Å². The Morgan fingerprint density at radius 3 is 2.78 bits per heavy atom. The Hall–Kier alpha value is -1.44. The van der Waals surface area contributed by atoms with Crippen molar-refractivity contribution in [3.05, 3.63) is 24.3 Å². The predicted molar refractivity (Wildman–Crippen MR) is 89.9 cm³/mol. The molecular weight excluding hydrogens is 314 g/mol. The molecule has 1 aliphatic heterocycles. The van der Waals surface area contributed by atoms with Gasteiger partial charge in [0, 0.05) is 25.7 Å². The van der Waals surface area contributed by atoms with Crippen LogP contribution in [-0.2, 0) is 14.8 Å². The molecule has 2 rings (SSSR count). The lowest BCUT2D eigenvalue weighted by Gasteiger charge is -2.27. The van der Waals surface area contributed by atoms with Crippen LogP contribution in [0.4, 0.5) is 5.69 Å². The molecule has 0 spiro atoms. The van der Waals surface area contributed by atoms with Gasteiger partial charge in [0.1, 0.15) is 0 Å². The number of piperidine rings is 1. The lowest BCUT2D eigenvalue weighted by Crippen LogP contribution is -3.14. The van der Waals surface area contributed by atoms with Crippen molar-refractivity contribution in [1.82, 2.24) is 4.31 Å². The fourth-order valence-electron chi connectivity index (χ4n) is 2.94. The fourth-order valence-corrected chi connectivity index (χ4v) is 3.88. The van der Waals surface area contributed by atoms with Gasteiger partial charge in [0.05, 0.1) is 18.0 Å². The third kappa shape index (κ3) is 4.76. The molecule has 0 bridgehead atoms. The Balaban J connectivity index is 2.01. The van der Waals surface area contributed by atoms with Gasteiger partial charge in [-0.05, 0) is 31.0 Å². The maximum Gasteiger partial charge on any atom is 0.279 e. The zero-order valence-corrected chi connectivity index (χ0v) is 14.8. The maximum atomic E-state index is 12.2. The Labute approximate surface area is 138 Å². The van der Waals surface area contributed by atoms with Crippen molar-refractivity contribution < 1.29 is 18.1 Å². The maximum absolute atomic E-state index is 12.2. The summed E-state index contributed by atoms with van der Waals surface area (Å²) in [6.45, 7) is 4.68. The van der Waals surface area contributed by atoms with E-state index in [0.29, 0.717) is 18.2 Å². The van der Waals surface area contributed by atoms with Gasteiger partial charge >= 0.3 is 0 Å². The van der Waals surface area contributed by atoms with Gasteiger partial charge in [0.25, 0.3) is 5.91 Å². The van der Waals surface area contributed by atoms with E-state index in [1.807, 2.05) is 0 Å². The molecule has 1 heterocycles. The van der Waals surface area contributed by atoms with Crippen molar-refractivity contribution >= 4 is 21.6 Å². The van der Waals surface area contributed by atoms with Crippen molar-refractivity contribution in [2.24, 2.45) is 5.92 Å². The van der Waals surface area contributed by atoms with Gasteiger partial charge in [-0.2, -0.15) is 0 Å². The van der Waals surface area contributed by atoms with Gasteiger partial charge in [-0.3, -0.25) is 4.79 Å². The summed E-state index contributed by atoms with van der Waals surface area (Å²) in [5.41, 5.74) is 0.516. The SMILES string of the molecule is C[C@H]1CCC[NH+](CC(=O)Nc2cccc(S(=O)(=O)N(C)C)c2)C1. The zero-order valence-electron chi connectivity index (χ0n) is 14.0. The molecule has 7 heteroatoms. The van der Waals surface area contributed by atoms with Crippen LogP contribution in [0.5, 0.6) is 0 Å². The highest BCUT2D eigenvalue weighted by atomic mass is 32.2. The minimum absolute atomic E-state index is 0.0755. The van der Waals surface area contributed by atoms with E-state index in [2.05, 4.69) is 12.2 Å². The highest BCUT2D eigenvalue weighted by Crippen LogP contribution is 2.17. The van der Waals surface area contributed by atoms with Crippen molar-refractivity contribution in [1.29, 1.82) is 0 Å². The van der Waals surface area contributed by atoms with Crippen molar-refractivity contribution in [3.8, 4) is 0 Å². The number of anilines is 1. The van der Waals surface area contributed by atoms with Gasteiger partial charge in [0.15, 0.2) is 6.54 Å². The molecule has 2 atom stereocenters. The number of carbonyl (C=O) groups excluding carboxylic acids is 1. The van der Waals surface area contributed by atoms with Crippen molar-refractivity contribution in [3.63, 3.8) is 0 Å². The standard InChI is InChI=1S/C16H25N3O3S/c1-13-6-5-9-19(11-13)12-16(20)17-14-7-4-8-15(10-14)23(21,22)18(2)3/h4,7-8,10,13H,5-6,9,11-12H2,1-3H3,(H,17,20)/p+1/t13-/m0/s1. The molecule has 1 fully saturated rings. The zero-order chi connectivity index (χ0) is 17.0. The molecule has 1 aromatic carbocycles. The first kappa shape index (κ1) is 17.9. The number of hydrogen-bond donors (Lipinski definition) is 2. The molecule has 0 aliphatic carbocycles. The second kappa shape index (κ2) is 7.42. The molecule has 0 aromatic heterocycles. The lowest BCUT2D eigenvalue weighted by molar-refractivity contribution is -0.900. The molecule has 6 nitrogen and oxygen atoms in total. The Bertz CT molecular complexity index is 658. The second-order valence-electron chi connectivity index (χ2n) is 6.49. The number of nitrogens with one attached hydrogen (secondary N) is 2. The Morgan fingerprint density at radius 1 is 1.39 bits per heavy atom. The molecule has 23 heavy (non-hydrogen) atoms. The number of rotatable bonds is 5. The number of likely N-dealkylation sites (tertiary alicyclic amines) is 1. The molecule has 1 aromatic rings. The minimum atomic E-state index is -3.49. The van der Waals surface area contributed by atoms with Gasteiger partial charge in [-0.25, -0.2) is 12.7 Å². The number of quaternary nitrogens is 1. The lowest BCUT2D eigenvalue weighted by atomic mass is 10.0. The fraction of sp³-hybridized carbons (Fsp3) is 0.562. The largest absolute Gasteiger partial charge is 0.327 e. The van der Waals surface area contributed by atoms with E-state index >= 15 is 0 Å². The van der Waals surface area contributed by atoms with E-state index in [9.17, 15) is 13.2 Å². The summed E-state index contributed by atoms with van der Waals surface area (Å²) in [6.07, 6.45) is 2.38. The Morgan fingerprint density at radius 2 is 2.13 bits per heavy atom. The molecule has 0 saturated carbocycles. The first-order chi connectivity index (χ1) is 10.8. The van der Waals surface area contributed by atoms with Crippen LogP contribution in [0.25, 0.3) is 0 Å². The van der Waals surface area contributed by atoms with E-state index in [0.717, 1.165) is 23.8 Å². The summed E-state index contributed by atoms with van der Waals surface area (Å²) >= 11 is 0. The molecule has 1 amide bonds. The highest BCUT2D eigenvalue weighted by molar-refractivity contribution is 7.89. The first-order valence-electron chi connectivity index (χ1n) is 7.95. The van der Waals surface area contributed by atoms with E-state index in [-0.39, 0.29) is 10.8 Å². The minimum Gasteiger partial charge on any atom is -0.327 e. The van der Waals surface area contributed by atoms with Crippen LogP contribution in [0.3, 0.4) is 0 Å². The van der Waals surface area contributed by atoms with E-state index in [1.165, 1.54) is 37.5 Å². The van der Waals surface area contributed by atoms with Crippen molar-refractivity contribution in [2.45, 2.75) is 24.7 Å².